The van der Waals surface area contributed by atoms with Crippen molar-refractivity contribution in [3.05, 3.63) is 53.9 Å². The molecule has 1 atom stereocenters. The number of alkyl halides is 3. The summed E-state index contributed by atoms with van der Waals surface area (Å²) in [6, 6.07) is 13.7. The smallest absolute Gasteiger partial charge is 0.352 e. The Hall–Kier alpha value is -2.68. The second-order valence-electron chi connectivity index (χ2n) is 6.73. The van der Waals surface area contributed by atoms with E-state index in [4.69, 9.17) is 0 Å². The number of anilines is 1. The van der Waals surface area contributed by atoms with Gasteiger partial charge in [-0.1, -0.05) is 30.3 Å². The predicted octanol–water partition coefficient (Wildman–Crippen LogP) is 2.85. The first-order chi connectivity index (χ1) is 12.9. The molecule has 4 rings (SSSR count). The van der Waals surface area contributed by atoms with E-state index in [-0.39, 0.29) is 11.7 Å². The second kappa shape index (κ2) is 6.80. The van der Waals surface area contributed by atoms with Crippen molar-refractivity contribution in [2.75, 3.05) is 24.5 Å². The second-order valence-corrected chi connectivity index (χ2v) is 6.73. The van der Waals surface area contributed by atoms with Crippen LogP contribution >= 0.6 is 0 Å². The molecule has 142 valence electrons. The first kappa shape index (κ1) is 17.7. The molecule has 6 nitrogen and oxygen atoms in total. The zero-order valence-electron chi connectivity index (χ0n) is 14.8. The summed E-state index contributed by atoms with van der Waals surface area (Å²) in [6.07, 6.45) is -4.59. The van der Waals surface area contributed by atoms with E-state index in [0.717, 1.165) is 17.6 Å². The van der Waals surface area contributed by atoms with Crippen LogP contribution < -0.4 is 4.90 Å². The molecule has 1 saturated heterocycles. The highest BCUT2D eigenvalue weighted by atomic mass is 19.4. The van der Waals surface area contributed by atoms with Gasteiger partial charge < -0.3 is 4.90 Å². The van der Waals surface area contributed by atoms with E-state index in [9.17, 15) is 13.2 Å². The third-order valence-corrected chi connectivity index (χ3v) is 4.82. The van der Waals surface area contributed by atoms with E-state index in [2.05, 4.69) is 39.3 Å². The van der Waals surface area contributed by atoms with Crippen LogP contribution in [-0.4, -0.2) is 50.4 Å². The quantitative estimate of drug-likeness (QED) is 0.704. The topological polar surface area (TPSA) is 49.6 Å². The van der Waals surface area contributed by atoms with Crippen molar-refractivity contribution in [2.24, 2.45) is 0 Å². The van der Waals surface area contributed by atoms with Gasteiger partial charge in [-0.05, 0) is 24.6 Å². The molecule has 0 spiro atoms. The maximum atomic E-state index is 13.1. The Bertz CT molecular complexity index is 924. The Morgan fingerprint density at radius 1 is 1.04 bits per heavy atom. The highest BCUT2D eigenvalue weighted by Crippen LogP contribution is 2.28. The summed E-state index contributed by atoms with van der Waals surface area (Å²) in [4.78, 5) is 4.37. The van der Waals surface area contributed by atoms with Crippen molar-refractivity contribution in [3.8, 4) is 0 Å². The molecule has 3 aromatic rings. The molecular weight excluding hydrogens is 357 g/mol. The van der Waals surface area contributed by atoms with Gasteiger partial charge >= 0.3 is 6.18 Å². The lowest BCUT2D eigenvalue weighted by Crippen LogP contribution is -2.51. The standard InChI is InChI=1S/C18H19F3N6/c1-13-11-26(10-9-25(13)12-14-5-3-2-4-6-14)16-8-7-15-22-23-17(18(19,20)21)27(15)24-16/h2-8,13H,9-12H2,1H3/t13-/m1/s1. The molecule has 3 heterocycles. The van der Waals surface area contributed by atoms with Crippen LogP contribution in [0.25, 0.3) is 5.65 Å². The third-order valence-electron chi connectivity index (χ3n) is 4.82. The van der Waals surface area contributed by atoms with Crippen molar-refractivity contribution < 1.29 is 13.2 Å². The molecule has 1 aliphatic heterocycles. The van der Waals surface area contributed by atoms with Gasteiger partial charge in [-0.3, -0.25) is 4.90 Å². The number of rotatable bonds is 3. The fourth-order valence-corrected chi connectivity index (χ4v) is 3.38. The zero-order chi connectivity index (χ0) is 19.0. The molecule has 0 radical (unpaired) electrons. The summed E-state index contributed by atoms with van der Waals surface area (Å²) in [5.41, 5.74) is 1.33. The van der Waals surface area contributed by atoms with E-state index in [1.807, 2.05) is 23.1 Å². The van der Waals surface area contributed by atoms with E-state index >= 15 is 0 Å². The number of nitrogens with zero attached hydrogens (tertiary/aromatic N) is 6. The fraction of sp³-hybridized carbons (Fsp3) is 0.389. The Morgan fingerprint density at radius 2 is 1.81 bits per heavy atom. The monoisotopic (exact) mass is 376 g/mol. The zero-order valence-corrected chi connectivity index (χ0v) is 14.8. The molecule has 0 aliphatic carbocycles. The van der Waals surface area contributed by atoms with Crippen LogP contribution in [0.1, 0.15) is 18.3 Å². The molecule has 27 heavy (non-hydrogen) atoms. The molecular formula is C18H19F3N6. The summed E-state index contributed by atoms with van der Waals surface area (Å²) in [6.45, 7) is 5.16. The Morgan fingerprint density at radius 3 is 2.52 bits per heavy atom. The van der Waals surface area contributed by atoms with Gasteiger partial charge in [-0.15, -0.1) is 15.3 Å². The van der Waals surface area contributed by atoms with Gasteiger partial charge in [-0.2, -0.15) is 17.7 Å². The van der Waals surface area contributed by atoms with Crippen LogP contribution in [0.4, 0.5) is 19.0 Å². The molecule has 2 aromatic heterocycles. The van der Waals surface area contributed by atoms with Gasteiger partial charge in [0.25, 0.3) is 5.82 Å². The first-order valence-corrected chi connectivity index (χ1v) is 8.74. The summed E-state index contributed by atoms with van der Waals surface area (Å²) in [5, 5.41) is 10.9. The third kappa shape index (κ3) is 3.59. The molecule has 1 aromatic carbocycles. The Kier molecular flexibility index (Phi) is 4.47. The van der Waals surface area contributed by atoms with Crippen LogP contribution in [0, 0.1) is 0 Å². The fourth-order valence-electron chi connectivity index (χ4n) is 3.38. The number of fused-ring (bicyclic) bond motifs is 1. The van der Waals surface area contributed by atoms with E-state index in [1.54, 1.807) is 6.07 Å². The van der Waals surface area contributed by atoms with Crippen molar-refractivity contribution in [1.29, 1.82) is 0 Å². The maximum absolute atomic E-state index is 13.1. The van der Waals surface area contributed by atoms with Crippen molar-refractivity contribution in [3.63, 3.8) is 0 Å². The summed E-state index contributed by atoms with van der Waals surface area (Å²) in [7, 11) is 0. The van der Waals surface area contributed by atoms with Gasteiger partial charge in [-0.25, -0.2) is 0 Å². The Labute approximate surface area is 154 Å². The van der Waals surface area contributed by atoms with Gasteiger partial charge in [0, 0.05) is 32.2 Å². The number of hydrogen-bond donors (Lipinski definition) is 0. The number of hydrogen-bond acceptors (Lipinski definition) is 5. The lowest BCUT2D eigenvalue weighted by atomic mass is 10.1. The average Bonchev–Trinajstić information content (AvgIpc) is 3.08. The Balaban J connectivity index is 1.52. The SMILES string of the molecule is C[C@@H]1CN(c2ccc3nnc(C(F)(F)F)n3n2)CCN1Cc1ccccc1. The van der Waals surface area contributed by atoms with Crippen LogP contribution in [0.3, 0.4) is 0 Å². The number of aromatic nitrogens is 4. The molecule has 0 amide bonds. The number of piperazine rings is 1. The van der Waals surface area contributed by atoms with Crippen molar-refractivity contribution >= 4 is 11.5 Å². The lowest BCUT2D eigenvalue weighted by Gasteiger charge is -2.40. The largest absolute Gasteiger partial charge is 0.453 e. The minimum Gasteiger partial charge on any atom is -0.352 e. The van der Waals surface area contributed by atoms with E-state index in [1.165, 1.54) is 11.6 Å². The van der Waals surface area contributed by atoms with Gasteiger partial charge in [0.1, 0.15) is 5.82 Å². The summed E-state index contributed by atoms with van der Waals surface area (Å²) < 4.78 is 40.0. The van der Waals surface area contributed by atoms with Crippen LogP contribution in [0.2, 0.25) is 0 Å². The highest BCUT2D eigenvalue weighted by molar-refractivity contribution is 5.46. The lowest BCUT2D eigenvalue weighted by molar-refractivity contribution is -0.146. The van der Waals surface area contributed by atoms with Gasteiger partial charge in [0.15, 0.2) is 5.65 Å². The molecule has 1 fully saturated rings. The number of halogens is 3. The molecule has 0 saturated carbocycles. The first-order valence-electron chi connectivity index (χ1n) is 8.74. The average molecular weight is 376 g/mol. The van der Waals surface area contributed by atoms with Gasteiger partial charge in [0.05, 0.1) is 0 Å². The summed E-state index contributed by atoms with van der Waals surface area (Å²) >= 11 is 0. The minimum absolute atomic E-state index is 0.0850. The van der Waals surface area contributed by atoms with Gasteiger partial charge in [0.2, 0.25) is 0 Å². The van der Waals surface area contributed by atoms with E-state index < -0.39 is 12.0 Å². The van der Waals surface area contributed by atoms with Crippen LogP contribution in [0.15, 0.2) is 42.5 Å². The van der Waals surface area contributed by atoms with Crippen LogP contribution in [0.5, 0.6) is 0 Å². The molecule has 1 aliphatic rings. The molecule has 0 bridgehead atoms. The summed E-state index contributed by atoms with van der Waals surface area (Å²) in [5.74, 6) is -0.603. The maximum Gasteiger partial charge on any atom is 0.453 e. The van der Waals surface area contributed by atoms with E-state index in [0.29, 0.717) is 18.9 Å². The molecule has 0 N–H and O–H groups in total. The van der Waals surface area contributed by atoms with Crippen molar-refractivity contribution in [2.45, 2.75) is 25.7 Å². The predicted molar refractivity (Wildman–Crippen MR) is 94.3 cm³/mol. The minimum atomic E-state index is -4.59. The molecule has 9 heteroatoms. The molecule has 0 unspecified atom stereocenters. The highest BCUT2D eigenvalue weighted by Gasteiger charge is 2.38. The van der Waals surface area contributed by atoms with Crippen molar-refractivity contribution in [1.82, 2.24) is 24.7 Å². The normalized spacial score (nSPS) is 19.0. The van der Waals surface area contributed by atoms with Crippen LogP contribution in [-0.2, 0) is 12.7 Å². The number of benzene rings is 1.